The molecule has 1 aliphatic heterocycles. The molecule has 2 atom stereocenters. The Kier molecular flexibility index (Phi) is 7.41. The lowest BCUT2D eigenvalue weighted by atomic mass is 9.96. The number of sulfonamides is 1. The second kappa shape index (κ2) is 10.6. The van der Waals surface area contributed by atoms with Crippen LogP contribution in [0.3, 0.4) is 0 Å². The minimum Gasteiger partial charge on any atom is -0.494 e. The highest BCUT2D eigenvalue weighted by Gasteiger charge is 2.42. The Hall–Kier alpha value is -3.41. The molecule has 0 amide bonds. The van der Waals surface area contributed by atoms with E-state index in [9.17, 15) is 8.42 Å². The highest BCUT2D eigenvalue weighted by Crippen LogP contribution is 2.45. The van der Waals surface area contributed by atoms with Crippen LogP contribution in [-0.2, 0) is 10.0 Å². The molecule has 4 aromatic rings. The zero-order chi connectivity index (χ0) is 27.9. The van der Waals surface area contributed by atoms with Crippen LogP contribution in [0.5, 0.6) is 5.75 Å². The molecule has 2 aromatic heterocycles. The Labute approximate surface area is 242 Å². The molecule has 0 spiro atoms. The lowest BCUT2D eigenvalue weighted by Crippen LogP contribution is -2.29. The van der Waals surface area contributed by atoms with Gasteiger partial charge in [-0.15, -0.1) is 0 Å². The van der Waals surface area contributed by atoms with Crippen LogP contribution >= 0.6 is 28.1 Å². The zero-order valence-electron chi connectivity index (χ0n) is 21.8. The third-order valence-electron chi connectivity index (χ3n) is 6.71. The quantitative estimate of drug-likeness (QED) is 0.251. The number of benzene rings is 2. The summed E-state index contributed by atoms with van der Waals surface area (Å²) in [6.45, 7) is 4.20. The van der Waals surface area contributed by atoms with Gasteiger partial charge in [-0.2, -0.15) is 0 Å². The molecule has 39 heavy (non-hydrogen) atoms. The number of pyridine rings is 1. The smallest absolute Gasteiger partial charge is 0.229 e. The number of aromatic nitrogens is 2. The number of halogens is 1. The summed E-state index contributed by atoms with van der Waals surface area (Å²) in [6.07, 6.45) is 2.88. The molecule has 1 fully saturated rings. The van der Waals surface area contributed by atoms with Crippen molar-refractivity contribution in [1.29, 1.82) is 0 Å². The Morgan fingerprint density at radius 2 is 1.85 bits per heavy atom. The van der Waals surface area contributed by atoms with Crippen molar-refractivity contribution in [2.24, 2.45) is 0 Å². The summed E-state index contributed by atoms with van der Waals surface area (Å²) in [4.78, 5) is 6.70. The Morgan fingerprint density at radius 3 is 2.51 bits per heavy atom. The summed E-state index contributed by atoms with van der Waals surface area (Å²) >= 11 is 9.49. The van der Waals surface area contributed by atoms with Crippen LogP contribution in [0.1, 0.15) is 34.7 Å². The fraction of sp³-hybridized carbons (Fsp3) is 0.214. The van der Waals surface area contributed by atoms with Crippen molar-refractivity contribution < 1.29 is 13.2 Å². The van der Waals surface area contributed by atoms with Gasteiger partial charge in [0, 0.05) is 39.5 Å². The van der Waals surface area contributed by atoms with E-state index >= 15 is 0 Å². The molecule has 0 saturated carbocycles. The second-order valence-electron chi connectivity index (χ2n) is 9.40. The summed E-state index contributed by atoms with van der Waals surface area (Å²) in [5, 5.41) is 4.02. The molecule has 0 radical (unpaired) electrons. The molecule has 3 heterocycles. The number of nitrogens with one attached hydrogen (secondary N) is 2. The van der Waals surface area contributed by atoms with Crippen LogP contribution < -0.4 is 19.7 Å². The lowest BCUT2D eigenvalue weighted by molar-refractivity contribution is 0.417. The molecule has 1 saturated heterocycles. The van der Waals surface area contributed by atoms with Crippen molar-refractivity contribution in [2.45, 2.75) is 25.9 Å². The molecular formula is C28H28BrN5O3S2. The van der Waals surface area contributed by atoms with E-state index in [4.69, 9.17) is 17.0 Å². The number of methoxy groups -OCH3 is 1. The van der Waals surface area contributed by atoms with Crippen molar-refractivity contribution in [1.82, 2.24) is 14.9 Å². The molecule has 5 rings (SSSR count). The van der Waals surface area contributed by atoms with E-state index < -0.39 is 10.0 Å². The second-order valence-corrected chi connectivity index (χ2v) is 12.4. The maximum atomic E-state index is 11.9. The predicted octanol–water partition coefficient (Wildman–Crippen LogP) is 5.81. The van der Waals surface area contributed by atoms with E-state index in [-0.39, 0.29) is 12.1 Å². The number of rotatable bonds is 7. The molecule has 11 heteroatoms. The van der Waals surface area contributed by atoms with Gasteiger partial charge in [-0.1, -0.05) is 28.1 Å². The fourth-order valence-corrected chi connectivity index (χ4v) is 6.46. The summed E-state index contributed by atoms with van der Waals surface area (Å²) in [7, 11) is -1.98. The van der Waals surface area contributed by atoms with Gasteiger partial charge in [0.1, 0.15) is 5.75 Å². The first kappa shape index (κ1) is 27.2. The van der Waals surface area contributed by atoms with E-state index in [0.29, 0.717) is 16.5 Å². The standard InChI is InChI=1S/C28H28BrN5O3S2/c1-17-14-22(18(2)33(17)20-9-7-8-19(29)15-20)27-26(24-10-5-6-13-30-24)31-28(38)34(27)21-11-12-23(25(16-21)37-3)32-39(4,35)36/h5-16,26-27,32H,1-4H3,(H,31,38)/t26-,27+/m1/s1. The normalized spacial score (nSPS) is 17.3. The van der Waals surface area contributed by atoms with Gasteiger partial charge in [0.15, 0.2) is 5.11 Å². The average Bonchev–Trinajstić information content (AvgIpc) is 3.38. The first-order valence-corrected chi connectivity index (χ1v) is 15.3. The van der Waals surface area contributed by atoms with Gasteiger partial charge in [-0.3, -0.25) is 9.71 Å². The highest BCUT2D eigenvalue weighted by atomic mass is 79.9. The molecule has 0 unspecified atom stereocenters. The zero-order valence-corrected chi connectivity index (χ0v) is 25.1. The average molecular weight is 627 g/mol. The third-order valence-corrected chi connectivity index (χ3v) is 8.11. The largest absolute Gasteiger partial charge is 0.494 e. The van der Waals surface area contributed by atoms with E-state index in [1.165, 1.54) is 7.11 Å². The van der Waals surface area contributed by atoms with Crippen LogP contribution in [0, 0.1) is 13.8 Å². The number of thiocarbonyl (C=S) groups is 1. The van der Waals surface area contributed by atoms with Crippen molar-refractivity contribution in [3.8, 4) is 11.4 Å². The lowest BCUT2D eigenvalue weighted by Gasteiger charge is -2.29. The predicted molar refractivity (Wildman–Crippen MR) is 162 cm³/mol. The highest BCUT2D eigenvalue weighted by molar-refractivity contribution is 9.10. The Morgan fingerprint density at radius 1 is 1.05 bits per heavy atom. The van der Waals surface area contributed by atoms with Gasteiger partial charge >= 0.3 is 0 Å². The summed E-state index contributed by atoms with van der Waals surface area (Å²) in [5.41, 5.74) is 6.29. The van der Waals surface area contributed by atoms with Crippen molar-refractivity contribution in [2.75, 3.05) is 23.0 Å². The number of hydrogen-bond acceptors (Lipinski definition) is 5. The molecule has 0 aliphatic carbocycles. The minimum absolute atomic E-state index is 0.227. The number of hydrogen-bond donors (Lipinski definition) is 2. The molecular weight excluding hydrogens is 598 g/mol. The van der Waals surface area contributed by atoms with E-state index in [2.05, 4.69) is 72.5 Å². The molecule has 2 N–H and O–H groups in total. The number of nitrogens with zero attached hydrogens (tertiary/aromatic N) is 3. The summed E-state index contributed by atoms with van der Waals surface area (Å²) in [6, 6.07) is 21.1. The maximum Gasteiger partial charge on any atom is 0.229 e. The SMILES string of the molecule is COc1cc(N2C(=S)N[C@H](c3ccccn3)[C@@H]2c2cc(C)n(-c3cccc(Br)c3)c2C)ccc1NS(C)(=O)=O. The molecule has 1 aliphatic rings. The Bertz CT molecular complexity index is 1660. The van der Waals surface area contributed by atoms with Crippen LogP contribution in [0.2, 0.25) is 0 Å². The summed E-state index contributed by atoms with van der Waals surface area (Å²) < 4.78 is 35.1. The number of ether oxygens (including phenoxy) is 1. The van der Waals surface area contributed by atoms with Gasteiger partial charge in [-0.05, 0) is 80.2 Å². The molecule has 0 bridgehead atoms. The maximum absolute atomic E-state index is 11.9. The van der Waals surface area contributed by atoms with Gasteiger partial charge < -0.3 is 19.5 Å². The fourth-order valence-electron chi connectivity index (χ4n) is 5.16. The van der Waals surface area contributed by atoms with Crippen molar-refractivity contribution in [3.63, 3.8) is 0 Å². The van der Waals surface area contributed by atoms with Gasteiger partial charge in [0.25, 0.3) is 0 Å². The summed E-state index contributed by atoms with van der Waals surface area (Å²) in [5.74, 6) is 0.389. The van der Waals surface area contributed by atoms with Gasteiger partial charge in [-0.25, -0.2) is 8.42 Å². The number of aryl methyl sites for hydroxylation is 1. The molecule has 8 nitrogen and oxygen atoms in total. The van der Waals surface area contributed by atoms with Crippen LogP contribution in [0.4, 0.5) is 11.4 Å². The first-order valence-electron chi connectivity index (χ1n) is 12.2. The van der Waals surface area contributed by atoms with E-state index in [1.807, 2.05) is 36.4 Å². The van der Waals surface area contributed by atoms with Crippen LogP contribution in [-0.4, -0.2) is 36.4 Å². The van der Waals surface area contributed by atoms with Crippen LogP contribution in [0.15, 0.2) is 77.4 Å². The monoisotopic (exact) mass is 625 g/mol. The van der Waals surface area contributed by atoms with Gasteiger partial charge in [0.05, 0.1) is 36.8 Å². The van der Waals surface area contributed by atoms with Gasteiger partial charge in [0.2, 0.25) is 10.0 Å². The van der Waals surface area contributed by atoms with Crippen LogP contribution in [0.25, 0.3) is 5.69 Å². The first-order chi connectivity index (χ1) is 18.6. The number of anilines is 2. The van der Waals surface area contributed by atoms with E-state index in [1.54, 1.807) is 18.3 Å². The van der Waals surface area contributed by atoms with E-state index in [0.717, 1.165) is 44.7 Å². The topological polar surface area (TPSA) is 88.5 Å². The molecule has 2 aromatic carbocycles. The molecule has 202 valence electrons. The van der Waals surface area contributed by atoms with Crippen molar-refractivity contribution >= 4 is 54.7 Å². The Balaban J connectivity index is 1.67. The third kappa shape index (κ3) is 5.39. The minimum atomic E-state index is -3.48. The van der Waals surface area contributed by atoms with Crippen molar-refractivity contribution in [3.05, 3.63) is 100 Å².